The molecule has 0 saturated carbocycles. The number of amides is 1. The zero-order valence-corrected chi connectivity index (χ0v) is 12.4. The van der Waals surface area contributed by atoms with Gasteiger partial charge in [0.05, 0.1) is 5.71 Å². The summed E-state index contributed by atoms with van der Waals surface area (Å²) in [6.07, 6.45) is 2.76. The van der Waals surface area contributed by atoms with E-state index in [4.69, 9.17) is 0 Å². The Bertz CT molecular complexity index is 433. The average molecular weight is 260 g/mol. The molecule has 1 aromatic rings. The minimum atomic E-state index is -0.0306. The van der Waals surface area contributed by atoms with E-state index in [0.717, 1.165) is 24.1 Å². The lowest BCUT2D eigenvalue weighted by Gasteiger charge is -2.05. The first kappa shape index (κ1) is 15.4. The summed E-state index contributed by atoms with van der Waals surface area (Å²) in [6, 6.07) is 8.35. The van der Waals surface area contributed by atoms with E-state index in [2.05, 4.69) is 41.7 Å². The minimum Gasteiger partial charge on any atom is -0.273 e. The highest BCUT2D eigenvalue weighted by atomic mass is 16.2. The number of aryl methyl sites for hydroxylation is 1. The second-order valence-electron chi connectivity index (χ2n) is 5.28. The number of hydrogen-bond acceptors (Lipinski definition) is 2. The summed E-state index contributed by atoms with van der Waals surface area (Å²) in [7, 11) is 0. The summed E-state index contributed by atoms with van der Waals surface area (Å²) in [4.78, 5) is 11.5. The molecule has 0 bridgehead atoms. The van der Waals surface area contributed by atoms with Crippen LogP contribution < -0.4 is 5.43 Å². The zero-order chi connectivity index (χ0) is 14.3. The Labute approximate surface area is 116 Å². The van der Waals surface area contributed by atoms with Gasteiger partial charge in [-0.1, -0.05) is 51.5 Å². The summed E-state index contributed by atoms with van der Waals surface area (Å²) < 4.78 is 0. The highest BCUT2D eigenvalue weighted by molar-refractivity contribution is 5.99. The topological polar surface area (TPSA) is 41.5 Å². The molecule has 0 saturated heterocycles. The number of nitrogens with zero attached hydrogens (tertiary/aromatic N) is 1. The molecule has 0 aliphatic rings. The van der Waals surface area contributed by atoms with Gasteiger partial charge in [-0.2, -0.15) is 5.10 Å². The maximum atomic E-state index is 11.5. The van der Waals surface area contributed by atoms with Crippen LogP contribution in [-0.4, -0.2) is 11.6 Å². The van der Waals surface area contributed by atoms with Gasteiger partial charge in [0.1, 0.15) is 0 Å². The molecular formula is C16H24N2O. The highest BCUT2D eigenvalue weighted by Gasteiger charge is 2.04. The Kier molecular flexibility index (Phi) is 6.26. The van der Waals surface area contributed by atoms with Crippen LogP contribution in [0.4, 0.5) is 0 Å². The molecule has 0 atom stereocenters. The van der Waals surface area contributed by atoms with E-state index in [1.165, 1.54) is 5.56 Å². The summed E-state index contributed by atoms with van der Waals surface area (Å²) in [5.41, 5.74) is 5.82. The van der Waals surface area contributed by atoms with Crippen molar-refractivity contribution < 1.29 is 4.79 Å². The van der Waals surface area contributed by atoms with E-state index in [0.29, 0.717) is 12.3 Å². The molecule has 0 radical (unpaired) electrons. The number of nitrogens with one attached hydrogen (secondary N) is 1. The fraction of sp³-hybridized carbons (Fsp3) is 0.500. The Morgan fingerprint density at radius 2 is 1.89 bits per heavy atom. The van der Waals surface area contributed by atoms with Gasteiger partial charge in [-0.3, -0.25) is 4.79 Å². The summed E-state index contributed by atoms with van der Waals surface area (Å²) in [5, 5.41) is 4.14. The number of carbonyl (C=O) groups excluding carboxylic acids is 1. The van der Waals surface area contributed by atoms with E-state index in [-0.39, 0.29) is 5.91 Å². The molecule has 1 rings (SSSR count). The highest BCUT2D eigenvalue weighted by Crippen LogP contribution is 2.07. The van der Waals surface area contributed by atoms with Gasteiger partial charge in [0.15, 0.2) is 0 Å². The molecule has 0 aromatic heterocycles. The lowest BCUT2D eigenvalue weighted by atomic mass is 10.1. The Hall–Kier alpha value is -1.64. The standard InChI is InChI=1S/C16H24N2O/c1-5-6-14-7-9-15(10-8-14)13(4)17-18-16(19)11-12(2)3/h7-10,12H,5-6,11H2,1-4H3,(H,18,19)/b17-13+. The van der Waals surface area contributed by atoms with Crippen molar-refractivity contribution in [1.82, 2.24) is 5.43 Å². The van der Waals surface area contributed by atoms with Gasteiger partial charge in [0.25, 0.3) is 0 Å². The normalized spacial score (nSPS) is 11.7. The molecule has 104 valence electrons. The van der Waals surface area contributed by atoms with Crippen molar-refractivity contribution in [2.24, 2.45) is 11.0 Å². The van der Waals surface area contributed by atoms with Crippen LogP contribution in [0.1, 0.15) is 51.7 Å². The maximum absolute atomic E-state index is 11.5. The van der Waals surface area contributed by atoms with Gasteiger partial charge >= 0.3 is 0 Å². The summed E-state index contributed by atoms with van der Waals surface area (Å²) >= 11 is 0. The fourth-order valence-corrected chi connectivity index (χ4v) is 1.83. The lowest BCUT2D eigenvalue weighted by molar-refractivity contribution is -0.121. The molecule has 0 heterocycles. The van der Waals surface area contributed by atoms with E-state index >= 15 is 0 Å². The average Bonchev–Trinajstić information content (AvgIpc) is 2.36. The quantitative estimate of drug-likeness (QED) is 0.617. The lowest BCUT2D eigenvalue weighted by Crippen LogP contribution is -2.20. The van der Waals surface area contributed by atoms with Crippen molar-refractivity contribution in [2.75, 3.05) is 0 Å². The third-order valence-electron chi connectivity index (χ3n) is 2.85. The van der Waals surface area contributed by atoms with Gasteiger partial charge in [-0.05, 0) is 30.4 Å². The molecule has 3 nitrogen and oxygen atoms in total. The van der Waals surface area contributed by atoms with E-state index in [9.17, 15) is 4.79 Å². The van der Waals surface area contributed by atoms with Crippen LogP contribution in [0.25, 0.3) is 0 Å². The molecule has 0 spiro atoms. The van der Waals surface area contributed by atoms with Gasteiger partial charge < -0.3 is 0 Å². The number of hydrogen-bond donors (Lipinski definition) is 1. The smallest absolute Gasteiger partial charge is 0.240 e. The van der Waals surface area contributed by atoms with Crippen molar-refractivity contribution in [1.29, 1.82) is 0 Å². The molecule has 0 fully saturated rings. The van der Waals surface area contributed by atoms with Crippen LogP contribution in [0.5, 0.6) is 0 Å². The number of hydrazone groups is 1. The van der Waals surface area contributed by atoms with Crippen LogP contribution in [0.3, 0.4) is 0 Å². The summed E-state index contributed by atoms with van der Waals surface area (Å²) in [5.74, 6) is 0.320. The first-order valence-corrected chi connectivity index (χ1v) is 6.95. The molecule has 1 aromatic carbocycles. The molecule has 19 heavy (non-hydrogen) atoms. The van der Waals surface area contributed by atoms with Crippen LogP contribution in [0.2, 0.25) is 0 Å². The third kappa shape index (κ3) is 5.69. The number of benzene rings is 1. The molecule has 1 N–H and O–H groups in total. The first-order valence-electron chi connectivity index (χ1n) is 6.95. The van der Waals surface area contributed by atoms with Crippen LogP contribution >= 0.6 is 0 Å². The molecule has 0 aliphatic heterocycles. The fourth-order valence-electron chi connectivity index (χ4n) is 1.83. The van der Waals surface area contributed by atoms with Crippen LogP contribution in [-0.2, 0) is 11.2 Å². The van der Waals surface area contributed by atoms with Gasteiger partial charge in [0, 0.05) is 6.42 Å². The number of rotatable bonds is 6. The van der Waals surface area contributed by atoms with Crippen molar-refractivity contribution in [3.05, 3.63) is 35.4 Å². The number of carbonyl (C=O) groups is 1. The van der Waals surface area contributed by atoms with E-state index < -0.39 is 0 Å². The van der Waals surface area contributed by atoms with Crippen molar-refractivity contribution in [3.8, 4) is 0 Å². The first-order chi connectivity index (χ1) is 9.02. The predicted molar refractivity (Wildman–Crippen MR) is 80.2 cm³/mol. The third-order valence-corrected chi connectivity index (χ3v) is 2.85. The van der Waals surface area contributed by atoms with E-state index in [1.807, 2.05) is 20.8 Å². The van der Waals surface area contributed by atoms with Gasteiger partial charge in [-0.25, -0.2) is 5.43 Å². The second-order valence-corrected chi connectivity index (χ2v) is 5.28. The van der Waals surface area contributed by atoms with Gasteiger partial charge in [-0.15, -0.1) is 0 Å². The van der Waals surface area contributed by atoms with Crippen molar-refractivity contribution in [3.63, 3.8) is 0 Å². The molecular weight excluding hydrogens is 236 g/mol. The Morgan fingerprint density at radius 3 is 2.42 bits per heavy atom. The van der Waals surface area contributed by atoms with Crippen LogP contribution in [0.15, 0.2) is 29.4 Å². The molecule has 3 heteroatoms. The largest absolute Gasteiger partial charge is 0.273 e. The maximum Gasteiger partial charge on any atom is 0.240 e. The second kappa shape index (κ2) is 7.72. The predicted octanol–water partition coefficient (Wildman–Crippen LogP) is 3.53. The summed E-state index contributed by atoms with van der Waals surface area (Å²) in [6.45, 7) is 8.11. The monoisotopic (exact) mass is 260 g/mol. The van der Waals surface area contributed by atoms with Crippen LogP contribution in [0, 0.1) is 5.92 Å². The van der Waals surface area contributed by atoms with Gasteiger partial charge in [0.2, 0.25) is 5.91 Å². The molecule has 0 aliphatic carbocycles. The Balaban J connectivity index is 2.61. The zero-order valence-electron chi connectivity index (χ0n) is 12.4. The molecule has 0 unspecified atom stereocenters. The molecule has 1 amide bonds. The van der Waals surface area contributed by atoms with E-state index in [1.54, 1.807) is 0 Å². The SMILES string of the molecule is CCCc1ccc(/C(C)=N/NC(=O)CC(C)C)cc1. The minimum absolute atomic E-state index is 0.0306. The van der Waals surface area contributed by atoms with Crippen molar-refractivity contribution >= 4 is 11.6 Å². The Morgan fingerprint density at radius 1 is 1.26 bits per heavy atom. The van der Waals surface area contributed by atoms with Crippen molar-refractivity contribution in [2.45, 2.75) is 47.0 Å².